The highest BCUT2D eigenvalue weighted by Crippen LogP contribution is 2.01. The van der Waals surface area contributed by atoms with E-state index in [1.807, 2.05) is 12.2 Å². The second-order valence-electron chi connectivity index (χ2n) is 2.32. The summed E-state index contributed by atoms with van der Waals surface area (Å²) in [6, 6.07) is 0. The molecule has 2 nitrogen and oxygen atoms in total. The highest BCUT2D eigenvalue weighted by Gasteiger charge is 1.96. The van der Waals surface area contributed by atoms with E-state index in [4.69, 9.17) is 5.21 Å². The predicted molar refractivity (Wildman–Crippen MR) is 48.1 cm³/mol. The zero-order valence-electron chi connectivity index (χ0n) is 6.79. The topological polar surface area (TPSA) is 32.6 Å². The SMILES string of the molecule is C=CCCC(CCC=C)=NO. The molecule has 2 heteroatoms. The van der Waals surface area contributed by atoms with Crippen LogP contribution in [0.5, 0.6) is 0 Å². The monoisotopic (exact) mass is 153 g/mol. The van der Waals surface area contributed by atoms with Crippen molar-refractivity contribution in [1.29, 1.82) is 0 Å². The van der Waals surface area contributed by atoms with Gasteiger partial charge in [0.1, 0.15) is 0 Å². The Labute approximate surface area is 67.9 Å². The molecular weight excluding hydrogens is 138 g/mol. The molecule has 0 fully saturated rings. The quantitative estimate of drug-likeness (QED) is 0.270. The molecule has 0 aliphatic carbocycles. The van der Waals surface area contributed by atoms with Gasteiger partial charge in [0.25, 0.3) is 0 Å². The summed E-state index contributed by atoms with van der Waals surface area (Å²) < 4.78 is 0. The molecule has 0 aliphatic rings. The van der Waals surface area contributed by atoms with Gasteiger partial charge in [-0.1, -0.05) is 17.3 Å². The highest BCUT2D eigenvalue weighted by molar-refractivity contribution is 5.84. The van der Waals surface area contributed by atoms with Crippen molar-refractivity contribution in [2.45, 2.75) is 25.7 Å². The summed E-state index contributed by atoms with van der Waals surface area (Å²) >= 11 is 0. The van der Waals surface area contributed by atoms with Gasteiger partial charge in [0, 0.05) is 0 Å². The van der Waals surface area contributed by atoms with Crippen LogP contribution in [0.3, 0.4) is 0 Å². The minimum absolute atomic E-state index is 0.799. The largest absolute Gasteiger partial charge is 0.411 e. The third-order valence-corrected chi connectivity index (χ3v) is 1.42. The Hall–Kier alpha value is -1.05. The van der Waals surface area contributed by atoms with Crippen LogP contribution in [0.4, 0.5) is 0 Å². The van der Waals surface area contributed by atoms with Crippen LogP contribution in [0, 0.1) is 0 Å². The Bertz CT molecular complexity index is 136. The third kappa shape index (κ3) is 5.40. The highest BCUT2D eigenvalue weighted by atomic mass is 16.4. The first kappa shape index (κ1) is 9.95. The fourth-order valence-corrected chi connectivity index (χ4v) is 0.762. The van der Waals surface area contributed by atoms with Crippen molar-refractivity contribution in [3.8, 4) is 0 Å². The molecule has 0 amide bonds. The van der Waals surface area contributed by atoms with Gasteiger partial charge in [-0.15, -0.1) is 13.2 Å². The maximum absolute atomic E-state index is 8.50. The normalized spacial score (nSPS) is 8.73. The molecule has 11 heavy (non-hydrogen) atoms. The van der Waals surface area contributed by atoms with Gasteiger partial charge < -0.3 is 5.21 Å². The van der Waals surface area contributed by atoms with Gasteiger partial charge in [-0.3, -0.25) is 0 Å². The van der Waals surface area contributed by atoms with Crippen LogP contribution in [0.1, 0.15) is 25.7 Å². The summed E-state index contributed by atoms with van der Waals surface area (Å²) in [7, 11) is 0. The van der Waals surface area contributed by atoms with Crippen LogP contribution in [-0.4, -0.2) is 10.9 Å². The Kier molecular flexibility index (Phi) is 6.39. The van der Waals surface area contributed by atoms with Crippen molar-refractivity contribution in [2.75, 3.05) is 0 Å². The molecule has 62 valence electrons. The maximum Gasteiger partial charge on any atom is 0.0577 e. The van der Waals surface area contributed by atoms with Crippen LogP contribution < -0.4 is 0 Å². The average Bonchev–Trinajstić information content (AvgIpc) is 2.05. The minimum atomic E-state index is 0.799. The fraction of sp³-hybridized carbons (Fsp3) is 0.444. The molecule has 0 aromatic heterocycles. The number of allylic oxidation sites excluding steroid dienone is 2. The van der Waals surface area contributed by atoms with Crippen molar-refractivity contribution in [3.63, 3.8) is 0 Å². The Balaban J connectivity index is 3.58. The molecule has 0 bridgehead atoms. The summed E-state index contributed by atoms with van der Waals surface area (Å²) in [4.78, 5) is 0. The Morgan fingerprint density at radius 2 is 1.64 bits per heavy atom. The Morgan fingerprint density at radius 3 is 1.91 bits per heavy atom. The van der Waals surface area contributed by atoms with E-state index in [1.165, 1.54) is 0 Å². The third-order valence-electron chi connectivity index (χ3n) is 1.42. The molecule has 0 saturated heterocycles. The van der Waals surface area contributed by atoms with Crippen molar-refractivity contribution >= 4 is 5.71 Å². The van der Waals surface area contributed by atoms with E-state index < -0.39 is 0 Å². The minimum Gasteiger partial charge on any atom is -0.411 e. The van der Waals surface area contributed by atoms with E-state index >= 15 is 0 Å². The van der Waals surface area contributed by atoms with Crippen molar-refractivity contribution in [3.05, 3.63) is 25.3 Å². The lowest BCUT2D eigenvalue weighted by Gasteiger charge is -1.98. The van der Waals surface area contributed by atoms with Gasteiger partial charge in [0.2, 0.25) is 0 Å². The molecule has 0 atom stereocenters. The molecule has 1 N–H and O–H groups in total. The van der Waals surface area contributed by atoms with E-state index in [2.05, 4.69) is 18.3 Å². The molecule has 0 rings (SSSR count). The lowest BCUT2D eigenvalue weighted by atomic mass is 10.1. The predicted octanol–water partition coefficient (Wildman–Crippen LogP) is 2.75. The molecule has 0 spiro atoms. The second kappa shape index (κ2) is 7.06. The summed E-state index contributed by atoms with van der Waals surface area (Å²) in [5.74, 6) is 0. The first-order valence-corrected chi connectivity index (χ1v) is 3.76. The van der Waals surface area contributed by atoms with Crippen molar-refractivity contribution < 1.29 is 5.21 Å². The van der Waals surface area contributed by atoms with Gasteiger partial charge >= 0.3 is 0 Å². The molecule has 0 unspecified atom stereocenters. The zero-order chi connectivity index (χ0) is 8.53. The maximum atomic E-state index is 8.50. The van der Waals surface area contributed by atoms with Gasteiger partial charge in [0.15, 0.2) is 0 Å². The average molecular weight is 153 g/mol. The fourth-order valence-electron chi connectivity index (χ4n) is 0.762. The molecule has 0 saturated carbocycles. The lowest BCUT2D eigenvalue weighted by Crippen LogP contribution is -1.96. The standard InChI is InChI=1S/C9H15NO/c1-3-5-7-9(10-11)8-6-4-2/h3-4,11H,1-2,5-8H2. The van der Waals surface area contributed by atoms with E-state index in [0.29, 0.717) is 0 Å². The zero-order valence-corrected chi connectivity index (χ0v) is 6.79. The van der Waals surface area contributed by atoms with E-state index in [9.17, 15) is 0 Å². The van der Waals surface area contributed by atoms with Crippen LogP contribution in [0.15, 0.2) is 30.5 Å². The van der Waals surface area contributed by atoms with Gasteiger partial charge in [-0.2, -0.15) is 0 Å². The summed E-state index contributed by atoms with van der Waals surface area (Å²) in [5, 5.41) is 11.7. The molecular formula is C9H15NO. The van der Waals surface area contributed by atoms with Crippen LogP contribution in [0.25, 0.3) is 0 Å². The summed E-state index contributed by atoms with van der Waals surface area (Å²) in [5.41, 5.74) is 0.824. The number of nitrogens with zero attached hydrogens (tertiary/aromatic N) is 1. The van der Waals surface area contributed by atoms with Crippen LogP contribution >= 0.6 is 0 Å². The Morgan fingerprint density at radius 1 is 1.18 bits per heavy atom. The number of oxime groups is 1. The number of rotatable bonds is 6. The van der Waals surface area contributed by atoms with Crippen LogP contribution in [0.2, 0.25) is 0 Å². The van der Waals surface area contributed by atoms with Gasteiger partial charge in [-0.25, -0.2) is 0 Å². The van der Waals surface area contributed by atoms with E-state index in [-0.39, 0.29) is 0 Å². The van der Waals surface area contributed by atoms with E-state index in [1.54, 1.807) is 0 Å². The smallest absolute Gasteiger partial charge is 0.0577 e. The molecule has 0 aromatic rings. The lowest BCUT2D eigenvalue weighted by molar-refractivity contribution is 0.316. The number of hydrogen-bond donors (Lipinski definition) is 1. The summed E-state index contributed by atoms with van der Waals surface area (Å²) in [6.07, 6.45) is 6.98. The summed E-state index contributed by atoms with van der Waals surface area (Å²) in [6.45, 7) is 7.18. The van der Waals surface area contributed by atoms with E-state index in [0.717, 1.165) is 31.4 Å². The first-order valence-electron chi connectivity index (χ1n) is 3.76. The molecule has 0 aliphatic heterocycles. The molecule has 0 heterocycles. The van der Waals surface area contributed by atoms with Crippen LogP contribution in [-0.2, 0) is 0 Å². The van der Waals surface area contributed by atoms with Crippen molar-refractivity contribution in [1.82, 2.24) is 0 Å². The second-order valence-corrected chi connectivity index (χ2v) is 2.32. The molecule has 0 radical (unpaired) electrons. The van der Waals surface area contributed by atoms with Gasteiger partial charge in [0.05, 0.1) is 5.71 Å². The number of hydrogen-bond acceptors (Lipinski definition) is 2. The first-order chi connectivity index (χ1) is 5.35. The molecule has 0 aromatic carbocycles. The van der Waals surface area contributed by atoms with Gasteiger partial charge in [-0.05, 0) is 25.7 Å². The van der Waals surface area contributed by atoms with Crippen molar-refractivity contribution in [2.24, 2.45) is 5.16 Å².